The molecule has 0 fully saturated rings. The first kappa shape index (κ1) is 17.7. The maximum Gasteiger partial charge on any atom is 0.193 e. The van der Waals surface area contributed by atoms with Crippen LogP contribution in [0.2, 0.25) is 0 Å². The Morgan fingerprint density at radius 2 is 1.44 bits per heavy atom. The summed E-state index contributed by atoms with van der Waals surface area (Å²) in [7, 11) is 0. The standard InChI is InChI=1S/C25H19BrO/c1-25(16-15-20(17-25)22-9-5-6-10-23(22)26)21-13-11-19(12-14-21)24(27)18-7-3-2-4-8-18/h2-17H,1H3. The second kappa shape index (κ2) is 7.13. The number of benzene rings is 3. The first-order chi connectivity index (χ1) is 13.1. The molecule has 1 aliphatic carbocycles. The fraction of sp³-hybridized carbons (Fsp3) is 0.0800. The lowest BCUT2D eigenvalue weighted by Gasteiger charge is -2.20. The Kier molecular flexibility index (Phi) is 4.67. The predicted octanol–water partition coefficient (Wildman–Crippen LogP) is 6.59. The average molecular weight is 415 g/mol. The van der Waals surface area contributed by atoms with E-state index in [1.807, 2.05) is 48.5 Å². The van der Waals surface area contributed by atoms with Crippen molar-refractivity contribution in [1.82, 2.24) is 0 Å². The van der Waals surface area contributed by atoms with E-state index >= 15 is 0 Å². The van der Waals surface area contributed by atoms with Crippen LogP contribution in [-0.4, -0.2) is 5.78 Å². The van der Waals surface area contributed by atoms with E-state index < -0.39 is 0 Å². The van der Waals surface area contributed by atoms with Gasteiger partial charge in [-0.1, -0.05) is 107 Å². The van der Waals surface area contributed by atoms with Crippen molar-refractivity contribution in [2.24, 2.45) is 0 Å². The minimum absolute atomic E-state index is 0.0544. The van der Waals surface area contributed by atoms with Crippen LogP contribution < -0.4 is 0 Å². The number of carbonyl (C=O) groups excluding carboxylic acids is 1. The van der Waals surface area contributed by atoms with E-state index in [9.17, 15) is 4.79 Å². The maximum absolute atomic E-state index is 12.6. The number of rotatable bonds is 4. The molecule has 0 saturated carbocycles. The Morgan fingerprint density at radius 1 is 0.815 bits per heavy atom. The summed E-state index contributed by atoms with van der Waals surface area (Å²) in [4.78, 5) is 12.6. The molecule has 0 amide bonds. The lowest BCUT2D eigenvalue weighted by molar-refractivity contribution is 0.103. The van der Waals surface area contributed by atoms with Crippen LogP contribution in [0.5, 0.6) is 0 Å². The van der Waals surface area contributed by atoms with Gasteiger partial charge in [0.15, 0.2) is 5.78 Å². The molecule has 0 bridgehead atoms. The minimum atomic E-state index is -0.182. The molecule has 1 nitrogen and oxygen atoms in total. The van der Waals surface area contributed by atoms with Gasteiger partial charge in [0.1, 0.15) is 0 Å². The van der Waals surface area contributed by atoms with E-state index in [1.165, 1.54) is 16.7 Å². The zero-order valence-electron chi connectivity index (χ0n) is 15.0. The molecule has 3 aromatic carbocycles. The minimum Gasteiger partial charge on any atom is -0.289 e. The first-order valence-electron chi connectivity index (χ1n) is 8.94. The lowest BCUT2D eigenvalue weighted by Crippen LogP contribution is -2.14. The number of hydrogen-bond acceptors (Lipinski definition) is 1. The summed E-state index contributed by atoms with van der Waals surface area (Å²) in [5.74, 6) is 0.0544. The molecule has 1 unspecified atom stereocenters. The fourth-order valence-corrected chi connectivity index (χ4v) is 3.98. The van der Waals surface area contributed by atoms with Crippen molar-refractivity contribution in [2.45, 2.75) is 12.3 Å². The highest BCUT2D eigenvalue weighted by molar-refractivity contribution is 9.10. The number of hydrogen-bond donors (Lipinski definition) is 0. The molecule has 1 aliphatic rings. The highest BCUT2D eigenvalue weighted by Gasteiger charge is 2.26. The zero-order chi connectivity index (χ0) is 18.9. The summed E-state index contributed by atoms with van der Waals surface area (Å²) in [5.41, 5.74) is 4.81. The second-order valence-electron chi connectivity index (χ2n) is 6.97. The SMILES string of the molecule is CC1(c2ccc(C(=O)c3ccccc3)cc2)C=CC(c2ccccc2Br)=C1. The van der Waals surface area contributed by atoms with Crippen LogP contribution in [0.25, 0.3) is 5.57 Å². The summed E-state index contributed by atoms with van der Waals surface area (Å²) in [6.07, 6.45) is 6.67. The molecule has 2 heteroatoms. The second-order valence-corrected chi connectivity index (χ2v) is 7.82. The molecule has 0 spiro atoms. The van der Waals surface area contributed by atoms with Crippen LogP contribution in [0.1, 0.15) is 34.0 Å². The highest BCUT2D eigenvalue weighted by atomic mass is 79.9. The van der Waals surface area contributed by atoms with Gasteiger partial charge in [-0.2, -0.15) is 0 Å². The van der Waals surface area contributed by atoms with Gasteiger partial charge in [0, 0.05) is 21.0 Å². The smallest absolute Gasteiger partial charge is 0.193 e. The molecule has 0 heterocycles. The van der Waals surface area contributed by atoms with Crippen molar-refractivity contribution in [3.8, 4) is 0 Å². The molecule has 1 atom stereocenters. The number of carbonyl (C=O) groups is 1. The van der Waals surface area contributed by atoms with Crippen LogP contribution in [-0.2, 0) is 5.41 Å². The van der Waals surface area contributed by atoms with Gasteiger partial charge in [0.05, 0.1) is 0 Å². The third-order valence-electron chi connectivity index (χ3n) is 5.05. The van der Waals surface area contributed by atoms with E-state index in [0.717, 1.165) is 4.47 Å². The van der Waals surface area contributed by atoms with Gasteiger partial charge in [-0.05, 0) is 29.7 Å². The van der Waals surface area contributed by atoms with E-state index in [1.54, 1.807) is 0 Å². The monoisotopic (exact) mass is 414 g/mol. The Balaban J connectivity index is 1.62. The van der Waals surface area contributed by atoms with Crippen LogP contribution in [0.4, 0.5) is 0 Å². The molecule has 0 aromatic heterocycles. The molecule has 27 heavy (non-hydrogen) atoms. The number of halogens is 1. The number of allylic oxidation sites excluding steroid dienone is 4. The van der Waals surface area contributed by atoms with Crippen molar-refractivity contribution in [1.29, 1.82) is 0 Å². The van der Waals surface area contributed by atoms with Crippen LogP contribution in [0.15, 0.2) is 102 Å². The van der Waals surface area contributed by atoms with Crippen molar-refractivity contribution in [3.05, 3.63) is 124 Å². The lowest BCUT2D eigenvalue weighted by atomic mass is 9.83. The highest BCUT2D eigenvalue weighted by Crippen LogP contribution is 2.38. The normalized spacial score (nSPS) is 18.4. The van der Waals surface area contributed by atoms with Crippen LogP contribution >= 0.6 is 15.9 Å². The Bertz CT molecular complexity index is 1050. The molecular formula is C25H19BrO. The molecular weight excluding hydrogens is 396 g/mol. The fourth-order valence-electron chi connectivity index (χ4n) is 3.46. The molecule has 0 saturated heterocycles. The van der Waals surface area contributed by atoms with Crippen molar-refractivity contribution < 1.29 is 4.79 Å². The van der Waals surface area contributed by atoms with Gasteiger partial charge in [-0.3, -0.25) is 4.79 Å². The van der Waals surface area contributed by atoms with Crippen molar-refractivity contribution in [2.75, 3.05) is 0 Å². The molecule has 0 aliphatic heterocycles. The molecule has 132 valence electrons. The van der Waals surface area contributed by atoms with Gasteiger partial charge < -0.3 is 0 Å². The average Bonchev–Trinajstić information content (AvgIpc) is 3.12. The largest absolute Gasteiger partial charge is 0.289 e. The topological polar surface area (TPSA) is 17.1 Å². The van der Waals surface area contributed by atoms with Gasteiger partial charge in [-0.25, -0.2) is 0 Å². The van der Waals surface area contributed by atoms with Crippen LogP contribution in [0, 0.1) is 0 Å². The summed E-state index contributed by atoms with van der Waals surface area (Å²) in [6, 6.07) is 25.6. The summed E-state index contributed by atoms with van der Waals surface area (Å²) >= 11 is 3.64. The van der Waals surface area contributed by atoms with Gasteiger partial charge in [0.25, 0.3) is 0 Å². The Morgan fingerprint density at radius 3 is 2.15 bits per heavy atom. The van der Waals surface area contributed by atoms with E-state index in [-0.39, 0.29) is 11.2 Å². The number of ketones is 1. The van der Waals surface area contributed by atoms with Gasteiger partial charge in [0.2, 0.25) is 0 Å². The van der Waals surface area contributed by atoms with Crippen LogP contribution in [0.3, 0.4) is 0 Å². The van der Waals surface area contributed by atoms with Gasteiger partial charge in [-0.15, -0.1) is 0 Å². The summed E-state index contributed by atoms with van der Waals surface area (Å²) in [6.45, 7) is 2.20. The van der Waals surface area contributed by atoms with E-state index in [0.29, 0.717) is 11.1 Å². The Labute approximate surface area is 168 Å². The zero-order valence-corrected chi connectivity index (χ0v) is 16.6. The van der Waals surface area contributed by atoms with Crippen molar-refractivity contribution in [3.63, 3.8) is 0 Å². The van der Waals surface area contributed by atoms with E-state index in [2.05, 4.69) is 71.4 Å². The summed E-state index contributed by atoms with van der Waals surface area (Å²) < 4.78 is 1.09. The third-order valence-corrected chi connectivity index (χ3v) is 5.75. The van der Waals surface area contributed by atoms with Gasteiger partial charge >= 0.3 is 0 Å². The first-order valence-corrected chi connectivity index (χ1v) is 9.73. The maximum atomic E-state index is 12.6. The third kappa shape index (κ3) is 3.45. The van der Waals surface area contributed by atoms with E-state index in [4.69, 9.17) is 0 Å². The van der Waals surface area contributed by atoms with Crippen molar-refractivity contribution >= 4 is 27.3 Å². The predicted molar refractivity (Wildman–Crippen MR) is 115 cm³/mol. The molecule has 3 aromatic rings. The Hall–Kier alpha value is -2.71. The quantitative estimate of drug-likeness (QED) is 0.439. The molecule has 4 rings (SSSR count). The molecule has 0 N–H and O–H groups in total. The molecule has 0 radical (unpaired) electrons. The summed E-state index contributed by atoms with van der Waals surface area (Å²) in [5, 5.41) is 0.